The van der Waals surface area contributed by atoms with Gasteiger partial charge in [0, 0.05) is 37.1 Å². The highest BCUT2D eigenvalue weighted by Gasteiger charge is 2.31. The van der Waals surface area contributed by atoms with Crippen LogP contribution in [0, 0.1) is 11.6 Å². The maximum absolute atomic E-state index is 14.4. The van der Waals surface area contributed by atoms with Crippen molar-refractivity contribution >= 4 is 11.7 Å². The second-order valence-corrected chi connectivity index (χ2v) is 8.27. The molecule has 3 aromatic rings. The van der Waals surface area contributed by atoms with Crippen LogP contribution in [-0.4, -0.2) is 44.8 Å². The predicted molar refractivity (Wildman–Crippen MR) is 108 cm³/mol. The smallest absolute Gasteiger partial charge is 0.255 e. The number of amides is 1. The van der Waals surface area contributed by atoms with Gasteiger partial charge in [-0.1, -0.05) is 0 Å². The van der Waals surface area contributed by atoms with Crippen LogP contribution in [0.2, 0.25) is 0 Å². The van der Waals surface area contributed by atoms with Crippen LogP contribution in [0.15, 0.2) is 43.0 Å². The van der Waals surface area contributed by atoms with Gasteiger partial charge >= 0.3 is 0 Å². The maximum atomic E-state index is 14.4. The minimum Gasteiger partial charge on any atom is -0.352 e. The molecule has 0 saturated carbocycles. The molecular formula is C21H22F2N6O. The van der Waals surface area contributed by atoms with Gasteiger partial charge in [-0.15, -0.1) is 0 Å². The van der Waals surface area contributed by atoms with Crippen molar-refractivity contribution in [2.75, 3.05) is 18.0 Å². The molecule has 1 aliphatic heterocycles. The minimum atomic E-state index is -0.762. The number of benzene rings is 1. The number of nitrogens with zero attached hydrogens (tertiary/aromatic N) is 5. The van der Waals surface area contributed by atoms with Gasteiger partial charge in [-0.25, -0.2) is 18.7 Å². The number of hydrogen-bond donors (Lipinski definition) is 1. The summed E-state index contributed by atoms with van der Waals surface area (Å²) in [6, 6.07) is 4.98. The molecule has 0 bridgehead atoms. The van der Waals surface area contributed by atoms with Crippen LogP contribution >= 0.6 is 0 Å². The van der Waals surface area contributed by atoms with E-state index < -0.39 is 17.2 Å². The fourth-order valence-corrected chi connectivity index (χ4v) is 3.26. The van der Waals surface area contributed by atoms with Gasteiger partial charge in [0.2, 0.25) is 0 Å². The Morgan fingerprint density at radius 3 is 2.60 bits per heavy atom. The number of carbonyl (C=O) groups excluding carboxylic acids is 1. The number of halogens is 2. The average Bonchev–Trinajstić information content (AvgIpc) is 3.10. The van der Waals surface area contributed by atoms with Gasteiger partial charge < -0.3 is 10.2 Å². The van der Waals surface area contributed by atoms with E-state index in [4.69, 9.17) is 0 Å². The zero-order valence-corrected chi connectivity index (χ0v) is 16.9. The summed E-state index contributed by atoms with van der Waals surface area (Å²) >= 11 is 0. The van der Waals surface area contributed by atoms with Gasteiger partial charge in [0.05, 0.1) is 17.1 Å². The first-order valence-electron chi connectivity index (χ1n) is 9.60. The molecule has 2 aromatic heterocycles. The molecule has 9 heteroatoms. The first kappa shape index (κ1) is 19.9. The highest BCUT2D eigenvalue weighted by molar-refractivity contribution is 6.00. The van der Waals surface area contributed by atoms with Crippen LogP contribution in [0.3, 0.4) is 0 Å². The van der Waals surface area contributed by atoms with Gasteiger partial charge in [-0.3, -0.25) is 9.48 Å². The Bertz CT molecular complexity index is 1070. The van der Waals surface area contributed by atoms with E-state index in [9.17, 15) is 13.6 Å². The molecule has 30 heavy (non-hydrogen) atoms. The van der Waals surface area contributed by atoms with E-state index in [1.54, 1.807) is 23.1 Å². The Hall–Kier alpha value is -3.36. The predicted octanol–water partition coefficient (Wildman–Crippen LogP) is 2.99. The molecular weight excluding hydrogens is 390 g/mol. The molecule has 1 aliphatic rings. The quantitative estimate of drug-likeness (QED) is 0.713. The van der Waals surface area contributed by atoms with Gasteiger partial charge in [-0.2, -0.15) is 5.10 Å². The molecule has 1 aromatic carbocycles. The van der Waals surface area contributed by atoms with Crippen molar-refractivity contribution in [1.82, 2.24) is 25.1 Å². The van der Waals surface area contributed by atoms with E-state index in [1.807, 2.05) is 25.7 Å². The number of nitrogens with one attached hydrogen (secondary N) is 1. The van der Waals surface area contributed by atoms with E-state index in [0.29, 0.717) is 13.1 Å². The molecule has 0 unspecified atom stereocenters. The van der Waals surface area contributed by atoms with Crippen LogP contribution in [-0.2, 0) is 5.54 Å². The minimum absolute atomic E-state index is 0.0728. The van der Waals surface area contributed by atoms with Crippen LogP contribution in [0.4, 0.5) is 14.6 Å². The number of hydrogen-bond acceptors (Lipinski definition) is 5. The van der Waals surface area contributed by atoms with Gasteiger partial charge in [0.15, 0.2) is 0 Å². The summed E-state index contributed by atoms with van der Waals surface area (Å²) in [7, 11) is 0. The standard InChI is InChI=1S/C21H22F2N6O/c1-21(2,3)29-11-16(19(27-29)15-5-4-13(22)8-17(15)23)20(30)26-14-9-28(10-14)18-6-7-24-12-25-18/h4-8,11-12,14H,9-10H2,1-3H3,(H,26,30). The topological polar surface area (TPSA) is 75.9 Å². The third kappa shape index (κ3) is 3.87. The number of rotatable bonds is 4. The van der Waals surface area contributed by atoms with Crippen molar-refractivity contribution in [2.24, 2.45) is 0 Å². The Morgan fingerprint density at radius 1 is 1.20 bits per heavy atom. The SMILES string of the molecule is CC(C)(C)n1cc(C(=O)NC2CN(c3ccncn3)C2)c(-c2ccc(F)cc2F)n1. The van der Waals surface area contributed by atoms with Crippen LogP contribution in [0.25, 0.3) is 11.3 Å². The van der Waals surface area contributed by atoms with Crippen molar-refractivity contribution in [1.29, 1.82) is 0 Å². The van der Waals surface area contributed by atoms with Gasteiger partial charge in [-0.05, 0) is 39.0 Å². The molecule has 3 heterocycles. The number of carbonyl (C=O) groups is 1. The third-order valence-electron chi connectivity index (χ3n) is 4.94. The molecule has 1 fully saturated rings. The monoisotopic (exact) mass is 412 g/mol. The second-order valence-electron chi connectivity index (χ2n) is 8.27. The van der Waals surface area contributed by atoms with Crippen molar-refractivity contribution in [3.63, 3.8) is 0 Å². The lowest BCUT2D eigenvalue weighted by Crippen LogP contribution is -2.59. The number of aromatic nitrogens is 4. The van der Waals surface area contributed by atoms with Crippen molar-refractivity contribution in [3.8, 4) is 11.3 Å². The molecule has 4 rings (SSSR count). The summed E-state index contributed by atoms with van der Waals surface area (Å²) in [5.41, 5.74) is 0.105. The molecule has 1 N–H and O–H groups in total. The normalized spacial score (nSPS) is 14.5. The van der Waals surface area contributed by atoms with E-state index in [1.165, 1.54) is 12.4 Å². The highest BCUT2D eigenvalue weighted by atomic mass is 19.1. The molecule has 0 aliphatic carbocycles. The Balaban J connectivity index is 1.57. The third-order valence-corrected chi connectivity index (χ3v) is 4.94. The highest BCUT2D eigenvalue weighted by Crippen LogP contribution is 2.28. The van der Waals surface area contributed by atoms with Crippen LogP contribution in [0.1, 0.15) is 31.1 Å². The zero-order chi connectivity index (χ0) is 21.5. The molecule has 156 valence electrons. The van der Waals surface area contributed by atoms with Crippen molar-refractivity contribution < 1.29 is 13.6 Å². The van der Waals surface area contributed by atoms with E-state index in [-0.39, 0.29) is 28.8 Å². The van der Waals surface area contributed by atoms with Gasteiger partial charge in [0.25, 0.3) is 5.91 Å². The average molecular weight is 412 g/mol. The van der Waals surface area contributed by atoms with E-state index in [2.05, 4.69) is 20.4 Å². The first-order chi connectivity index (χ1) is 14.2. The lowest BCUT2D eigenvalue weighted by Gasteiger charge is -2.40. The molecule has 7 nitrogen and oxygen atoms in total. The molecule has 1 saturated heterocycles. The van der Waals surface area contributed by atoms with Crippen molar-refractivity contribution in [2.45, 2.75) is 32.4 Å². The summed E-state index contributed by atoms with van der Waals surface area (Å²) in [5, 5.41) is 7.41. The van der Waals surface area contributed by atoms with Crippen LogP contribution < -0.4 is 10.2 Å². The molecule has 0 spiro atoms. The van der Waals surface area contributed by atoms with E-state index >= 15 is 0 Å². The summed E-state index contributed by atoms with van der Waals surface area (Å²) in [6.45, 7) is 7.00. The molecule has 0 atom stereocenters. The van der Waals surface area contributed by atoms with Crippen LogP contribution in [0.5, 0.6) is 0 Å². The maximum Gasteiger partial charge on any atom is 0.255 e. The zero-order valence-electron chi connectivity index (χ0n) is 16.9. The fraction of sp³-hybridized carbons (Fsp3) is 0.333. The van der Waals surface area contributed by atoms with E-state index in [0.717, 1.165) is 18.0 Å². The Labute approximate surface area is 172 Å². The van der Waals surface area contributed by atoms with Crippen molar-refractivity contribution in [3.05, 3.63) is 60.2 Å². The molecule has 1 amide bonds. The summed E-state index contributed by atoms with van der Waals surface area (Å²) < 4.78 is 29.4. The Morgan fingerprint density at radius 2 is 1.97 bits per heavy atom. The Kier molecular flexibility index (Phi) is 4.97. The lowest BCUT2D eigenvalue weighted by atomic mass is 10.0. The largest absolute Gasteiger partial charge is 0.352 e. The summed E-state index contributed by atoms with van der Waals surface area (Å²) in [6.07, 6.45) is 4.75. The second kappa shape index (κ2) is 7.47. The lowest BCUT2D eigenvalue weighted by molar-refractivity contribution is 0.0930. The summed E-state index contributed by atoms with van der Waals surface area (Å²) in [5.74, 6) is -1.000. The molecule has 0 radical (unpaired) electrons. The number of anilines is 1. The van der Waals surface area contributed by atoms with Gasteiger partial charge in [0.1, 0.15) is 29.5 Å². The summed E-state index contributed by atoms with van der Waals surface area (Å²) in [4.78, 5) is 23.1. The fourth-order valence-electron chi connectivity index (χ4n) is 3.26. The first-order valence-corrected chi connectivity index (χ1v) is 9.60.